The molecule has 49 heavy (non-hydrogen) atoms. The first-order chi connectivity index (χ1) is 23.2. The van der Waals surface area contributed by atoms with Gasteiger partial charge in [-0.25, -0.2) is 30.2 Å². The molecule has 0 bridgehead atoms. The van der Waals surface area contributed by atoms with E-state index in [4.69, 9.17) is 10.5 Å². The van der Waals surface area contributed by atoms with E-state index in [9.17, 15) is 26.8 Å². The molecule has 0 saturated heterocycles. The van der Waals surface area contributed by atoms with Crippen LogP contribution in [0.25, 0.3) is 16.6 Å². The minimum absolute atomic E-state index is 0.0558. The standard InChI is InChI=1S/C35H26F4N4O5S/c1-18-7-9-24(10-8-18)49(46,47)43-29-14-21(12-20(3)44)27(37)13-22(29)15-30(43)34(45)25-17-41-42(35(25)40)33-19(2)11-23(16-28(33)38)48-31-6-4-5-26(36)32(31)39/h4-11,13-17H,12,40H2,1-3H3. The monoisotopic (exact) mass is 690 g/mol. The molecular formula is C35H26F4N4O5S. The Hall–Kier alpha value is -5.76. The second-order valence-electron chi connectivity index (χ2n) is 11.4. The van der Waals surface area contributed by atoms with E-state index < -0.39 is 50.5 Å². The summed E-state index contributed by atoms with van der Waals surface area (Å²) in [5.41, 5.74) is 6.25. The van der Waals surface area contributed by atoms with Crippen LogP contribution in [0.15, 0.2) is 83.9 Å². The Morgan fingerprint density at radius 3 is 2.29 bits per heavy atom. The fraction of sp³-hybridized carbons (Fsp3) is 0.114. The van der Waals surface area contributed by atoms with E-state index in [0.29, 0.717) is 0 Å². The molecule has 2 aromatic heterocycles. The highest BCUT2D eigenvalue weighted by Gasteiger charge is 2.30. The number of nitrogens with two attached hydrogens (primary N) is 1. The van der Waals surface area contributed by atoms with Gasteiger partial charge in [0, 0.05) is 17.9 Å². The molecule has 0 fully saturated rings. The maximum absolute atomic E-state index is 15.5. The molecule has 0 aliphatic rings. The van der Waals surface area contributed by atoms with Crippen LogP contribution in [0.1, 0.15) is 39.7 Å². The summed E-state index contributed by atoms with van der Waals surface area (Å²) in [6, 6.07) is 14.8. The lowest BCUT2D eigenvalue weighted by Crippen LogP contribution is -2.19. The summed E-state index contributed by atoms with van der Waals surface area (Å²) in [6.07, 6.45) is 0.720. The number of fused-ring (bicyclic) bond motifs is 1. The first-order valence-corrected chi connectivity index (χ1v) is 16.1. The zero-order chi connectivity index (χ0) is 35.4. The molecule has 0 spiro atoms. The van der Waals surface area contributed by atoms with E-state index in [-0.39, 0.29) is 61.9 Å². The number of rotatable bonds is 9. The van der Waals surface area contributed by atoms with Crippen molar-refractivity contribution >= 4 is 38.3 Å². The van der Waals surface area contributed by atoms with Gasteiger partial charge in [0.2, 0.25) is 11.6 Å². The van der Waals surface area contributed by atoms with Crippen molar-refractivity contribution in [1.29, 1.82) is 0 Å². The van der Waals surface area contributed by atoms with E-state index in [1.807, 2.05) is 0 Å². The Bertz CT molecular complexity index is 2410. The molecule has 0 atom stereocenters. The zero-order valence-corrected chi connectivity index (χ0v) is 26.9. The van der Waals surface area contributed by atoms with Gasteiger partial charge in [-0.3, -0.25) is 9.59 Å². The van der Waals surface area contributed by atoms with Crippen LogP contribution in [0.3, 0.4) is 0 Å². The molecule has 0 aliphatic heterocycles. The number of aryl methyl sites for hydroxylation is 2. The normalized spacial score (nSPS) is 11.7. The van der Waals surface area contributed by atoms with Crippen molar-refractivity contribution < 1.29 is 40.3 Å². The van der Waals surface area contributed by atoms with Gasteiger partial charge in [0.15, 0.2) is 17.4 Å². The molecule has 6 aromatic rings. The Labute approximate surface area is 277 Å². The Balaban J connectivity index is 1.46. The number of halogens is 4. The molecule has 2 N–H and O–H groups in total. The van der Waals surface area contributed by atoms with Gasteiger partial charge < -0.3 is 10.5 Å². The summed E-state index contributed by atoms with van der Waals surface area (Å²) in [4.78, 5) is 25.8. The molecule has 0 unspecified atom stereocenters. The van der Waals surface area contributed by atoms with Crippen LogP contribution in [0.2, 0.25) is 0 Å². The summed E-state index contributed by atoms with van der Waals surface area (Å²) in [5.74, 6) is -6.40. The number of Topliss-reactive ketones (excluding diaryl/α,β-unsaturated/α-hetero) is 1. The number of anilines is 1. The van der Waals surface area contributed by atoms with E-state index in [0.717, 1.165) is 38.6 Å². The van der Waals surface area contributed by atoms with Gasteiger partial charge in [-0.05, 0) is 80.4 Å². The first kappa shape index (κ1) is 33.2. The number of benzene rings is 4. The lowest BCUT2D eigenvalue weighted by atomic mass is 10.1. The van der Waals surface area contributed by atoms with Crippen molar-refractivity contribution in [2.75, 3.05) is 5.73 Å². The molecule has 2 heterocycles. The summed E-state index contributed by atoms with van der Waals surface area (Å²) in [5, 5.41) is 4.15. The van der Waals surface area contributed by atoms with Crippen LogP contribution in [0.4, 0.5) is 23.4 Å². The average Bonchev–Trinajstić information content (AvgIpc) is 3.59. The minimum atomic E-state index is -4.49. The van der Waals surface area contributed by atoms with Gasteiger partial charge >= 0.3 is 0 Å². The van der Waals surface area contributed by atoms with Crippen LogP contribution in [0, 0.1) is 37.1 Å². The van der Waals surface area contributed by atoms with E-state index in [1.165, 1.54) is 56.3 Å². The van der Waals surface area contributed by atoms with Crippen molar-refractivity contribution in [3.05, 3.63) is 130 Å². The minimum Gasteiger partial charge on any atom is -0.454 e. The first-order valence-electron chi connectivity index (χ1n) is 14.6. The van der Waals surface area contributed by atoms with Gasteiger partial charge in [0.1, 0.15) is 34.5 Å². The summed E-state index contributed by atoms with van der Waals surface area (Å²) in [6.45, 7) is 4.49. The van der Waals surface area contributed by atoms with Crippen LogP contribution in [0.5, 0.6) is 11.5 Å². The van der Waals surface area contributed by atoms with E-state index in [2.05, 4.69) is 5.10 Å². The maximum Gasteiger partial charge on any atom is 0.268 e. The number of hydrogen-bond acceptors (Lipinski definition) is 7. The molecule has 14 heteroatoms. The number of hydrogen-bond donors (Lipinski definition) is 1. The maximum atomic E-state index is 15.5. The zero-order valence-electron chi connectivity index (χ0n) is 26.1. The van der Waals surface area contributed by atoms with Crippen LogP contribution in [-0.2, 0) is 21.2 Å². The summed E-state index contributed by atoms with van der Waals surface area (Å²) >= 11 is 0. The smallest absolute Gasteiger partial charge is 0.268 e. The Morgan fingerprint density at radius 2 is 1.61 bits per heavy atom. The van der Waals surface area contributed by atoms with Crippen LogP contribution >= 0.6 is 0 Å². The lowest BCUT2D eigenvalue weighted by molar-refractivity contribution is -0.116. The number of ether oxygens (including phenoxy) is 1. The number of nitrogens with zero attached hydrogens (tertiary/aromatic N) is 3. The molecule has 0 saturated carbocycles. The van der Waals surface area contributed by atoms with Crippen molar-refractivity contribution in [2.24, 2.45) is 0 Å². The van der Waals surface area contributed by atoms with Gasteiger partial charge in [0.25, 0.3) is 10.0 Å². The molecule has 9 nitrogen and oxygen atoms in total. The second kappa shape index (κ2) is 12.4. The molecule has 6 rings (SSSR count). The number of nitrogen functional groups attached to an aromatic ring is 1. The molecule has 250 valence electrons. The number of ketones is 2. The van der Waals surface area contributed by atoms with Crippen LogP contribution in [-0.4, -0.2) is 33.7 Å². The largest absolute Gasteiger partial charge is 0.454 e. The van der Waals surface area contributed by atoms with Gasteiger partial charge in [-0.2, -0.15) is 9.49 Å². The quantitative estimate of drug-likeness (QED) is 0.128. The fourth-order valence-electron chi connectivity index (χ4n) is 5.45. The van der Waals surface area contributed by atoms with Gasteiger partial charge in [-0.1, -0.05) is 23.8 Å². The van der Waals surface area contributed by atoms with E-state index in [1.54, 1.807) is 19.1 Å². The van der Waals surface area contributed by atoms with Crippen molar-refractivity contribution in [1.82, 2.24) is 13.8 Å². The predicted molar refractivity (Wildman–Crippen MR) is 173 cm³/mol. The van der Waals surface area contributed by atoms with Gasteiger partial charge in [-0.15, -0.1) is 0 Å². The van der Waals surface area contributed by atoms with Crippen LogP contribution < -0.4 is 10.5 Å². The Kier molecular flexibility index (Phi) is 8.36. The third kappa shape index (κ3) is 5.95. The summed E-state index contributed by atoms with van der Waals surface area (Å²) in [7, 11) is -4.49. The topological polar surface area (TPSA) is 126 Å². The molecular weight excluding hydrogens is 664 g/mol. The highest BCUT2D eigenvalue weighted by molar-refractivity contribution is 7.90. The molecule has 0 amide bonds. The molecule has 4 aromatic carbocycles. The predicted octanol–water partition coefficient (Wildman–Crippen LogP) is 6.97. The van der Waals surface area contributed by atoms with Crippen molar-refractivity contribution in [2.45, 2.75) is 32.1 Å². The number of carbonyl (C=O) groups excluding carboxylic acids is 2. The SMILES string of the molecule is CC(=O)Cc1cc2c(cc1F)cc(C(=O)c1cnn(-c3c(C)cc(Oc4cccc(F)c4F)cc3F)c1N)n2S(=O)(=O)c1ccc(C)cc1. The average molecular weight is 691 g/mol. The summed E-state index contributed by atoms with van der Waals surface area (Å²) < 4.78 is 93.6. The third-order valence-corrected chi connectivity index (χ3v) is 9.53. The molecule has 0 radical (unpaired) electrons. The Morgan fingerprint density at radius 1 is 0.898 bits per heavy atom. The lowest BCUT2D eigenvalue weighted by Gasteiger charge is -2.14. The van der Waals surface area contributed by atoms with E-state index >= 15 is 8.78 Å². The highest BCUT2D eigenvalue weighted by atomic mass is 32.2. The van der Waals surface area contributed by atoms with Gasteiger partial charge in [0.05, 0.1) is 22.2 Å². The van der Waals surface area contributed by atoms with Crippen molar-refractivity contribution in [3.63, 3.8) is 0 Å². The molecule has 0 aliphatic carbocycles. The number of aromatic nitrogens is 3. The van der Waals surface area contributed by atoms with Crippen molar-refractivity contribution in [3.8, 4) is 17.2 Å². The second-order valence-corrected chi connectivity index (χ2v) is 13.2. The third-order valence-electron chi connectivity index (χ3n) is 7.79. The number of carbonyl (C=O) groups is 2. The highest BCUT2D eigenvalue weighted by Crippen LogP contribution is 2.34. The fourth-order valence-corrected chi connectivity index (χ4v) is 6.96.